The van der Waals surface area contributed by atoms with Gasteiger partial charge in [-0.15, -0.1) is 0 Å². The van der Waals surface area contributed by atoms with Crippen molar-refractivity contribution in [3.8, 4) is 0 Å². The Kier molecular flexibility index (Phi) is 11.8. The molecule has 0 aromatic heterocycles. The molecular formula is C31H48N8O5. The highest BCUT2D eigenvalue weighted by molar-refractivity contribution is 5.95. The van der Waals surface area contributed by atoms with E-state index in [-0.39, 0.29) is 43.0 Å². The molecule has 44 heavy (non-hydrogen) atoms. The summed E-state index contributed by atoms with van der Waals surface area (Å²) in [7, 11) is 0. The summed E-state index contributed by atoms with van der Waals surface area (Å²) in [5, 5.41) is 17.3. The minimum absolute atomic E-state index is 0.0132. The van der Waals surface area contributed by atoms with E-state index >= 15 is 0 Å². The van der Waals surface area contributed by atoms with E-state index in [0.29, 0.717) is 51.6 Å². The molecule has 2 saturated carbocycles. The topological polar surface area (TPSA) is 178 Å². The first-order valence-electron chi connectivity index (χ1n) is 16.7. The molecule has 3 aliphatic carbocycles. The molecule has 13 nitrogen and oxygen atoms in total. The SMILES string of the molecule is [N-]=[N+]=NCC1=C([C@H]2OC(C3CCC(OCCCO)CC3)=N[C@@]2(CC2CCCCC2N=[N+]=[N-])C(=O)N2CCOCC2)CCCC1. The first kappa shape index (κ1) is 32.6. The maximum absolute atomic E-state index is 14.9. The van der Waals surface area contributed by atoms with E-state index in [1.54, 1.807) is 0 Å². The van der Waals surface area contributed by atoms with Gasteiger partial charge in [-0.05, 0) is 99.6 Å². The number of morpholine rings is 1. The number of aliphatic hydroxyl groups is 1. The number of amides is 1. The lowest BCUT2D eigenvalue weighted by atomic mass is 9.71. The quantitative estimate of drug-likeness (QED) is 0.0963. The zero-order chi connectivity index (χ0) is 30.8. The molecule has 5 rings (SSSR count). The van der Waals surface area contributed by atoms with Gasteiger partial charge in [0.25, 0.3) is 5.91 Å². The van der Waals surface area contributed by atoms with Crippen molar-refractivity contribution in [3.63, 3.8) is 0 Å². The van der Waals surface area contributed by atoms with E-state index in [2.05, 4.69) is 20.1 Å². The van der Waals surface area contributed by atoms with Crippen LogP contribution in [-0.2, 0) is 19.0 Å². The van der Waals surface area contributed by atoms with Crippen molar-refractivity contribution in [1.29, 1.82) is 0 Å². The molecule has 1 saturated heterocycles. The van der Waals surface area contributed by atoms with Crippen LogP contribution in [0.3, 0.4) is 0 Å². The highest BCUT2D eigenvalue weighted by atomic mass is 16.5. The minimum atomic E-state index is -1.18. The first-order valence-corrected chi connectivity index (χ1v) is 16.7. The number of rotatable bonds is 12. The maximum Gasteiger partial charge on any atom is 0.255 e. The van der Waals surface area contributed by atoms with Crippen LogP contribution < -0.4 is 0 Å². The molecule has 2 aliphatic heterocycles. The fraction of sp³-hybridized carbons (Fsp3) is 0.871. The van der Waals surface area contributed by atoms with Crippen molar-refractivity contribution in [3.05, 3.63) is 32.0 Å². The molecule has 1 amide bonds. The Morgan fingerprint density at radius 1 is 1.05 bits per heavy atom. The van der Waals surface area contributed by atoms with Gasteiger partial charge in [0.1, 0.15) is 0 Å². The number of carbonyl (C=O) groups is 1. The van der Waals surface area contributed by atoms with Gasteiger partial charge in [-0.1, -0.05) is 28.6 Å². The molecule has 3 fully saturated rings. The van der Waals surface area contributed by atoms with Crippen molar-refractivity contribution >= 4 is 11.8 Å². The summed E-state index contributed by atoms with van der Waals surface area (Å²) in [4.78, 5) is 28.4. The number of hydrogen-bond donors (Lipinski definition) is 1. The van der Waals surface area contributed by atoms with Crippen molar-refractivity contribution in [2.24, 2.45) is 27.1 Å². The van der Waals surface area contributed by atoms with E-state index in [1.165, 1.54) is 0 Å². The van der Waals surface area contributed by atoms with Crippen LogP contribution in [0.4, 0.5) is 0 Å². The summed E-state index contributed by atoms with van der Waals surface area (Å²) < 4.78 is 18.6. The highest BCUT2D eigenvalue weighted by Crippen LogP contribution is 2.47. The molecule has 4 atom stereocenters. The van der Waals surface area contributed by atoms with Crippen molar-refractivity contribution < 1.29 is 24.1 Å². The molecule has 242 valence electrons. The molecule has 2 unspecified atom stereocenters. The zero-order valence-corrected chi connectivity index (χ0v) is 25.9. The molecular weight excluding hydrogens is 564 g/mol. The Morgan fingerprint density at radius 2 is 1.82 bits per heavy atom. The number of hydrogen-bond acceptors (Lipinski definition) is 8. The lowest BCUT2D eigenvalue weighted by Gasteiger charge is -2.42. The van der Waals surface area contributed by atoms with E-state index in [4.69, 9.17) is 29.8 Å². The standard InChI is InChI=1S/C31H48N8O5/c32-37-34-21-24-7-1-3-8-26(24)28-31(30(41)39-14-18-42-19-15-39,20-23-6-2-4-9-27(23)36-38-33)35-29(44-28)22-10-12-25(13-11-22)43-17-5-16-40/h22-23,25,27-28,40H,1-21H2/t22?,23?,25?,27?,28-,31-/m1/s1. The summed E-state index contributed by atoms with van der Waals surface area (Å²) in [6.45, 7) is 2.93. The summed E-state index contributed by atoms with van der Waals surface area (Å²) >= 11 is 0. The second-order valence-electron chi connectivity index (χ2n) is 12.9. The van der Waals surface area contributed by atoms with Gasteiger partial charge in [0, 0.05) is 54.6 Å². The molecule has 0 aromatic rings. The Labute approximate surface area is 259 Å². The van der Waals surface area contributed by atoms with Gasteiger partial charge in [0.2, 0.25) is 0 Å². The van der Waals surface area contributed by atoms with Gasteiger partial charge in [-0.2, -0.15) is 0 Å². The monoisotopic (exact) mass is 612 g/mol. The fourth-order valence-electron chi connectivity index (χ4n) is 7.93. The molecule has 0 radical (unpaired) electrons. The molecule has 0 spiro atoms. The minimum Gasteiger partial charge on any atom is -0.470 e. The molecule has 5 aliphatic rings. The van der Waals surface area contributed by atoms with Gasteiger partial charge >= 0.3 is 0 Å². The molecule has 1 N–H and O–H groups in total. The Bertz CT molecular complexity index is 1150. The lowest BCUT2D eigenvalue weighted by Crippen LogP contribution is -2.58. The second kappa shape index (κ2) is 16.0. The molecule has 0 bridgehead atoms. The van der Waals surface area contributed by atoms with E-state index in [9.17, 15) is 10.3 Å². The summed E-state index contributed by atoms with van der Waals surface area (Å²) in [6, 6.07) is -0.183. The van der Waals surface area contributed by atoms with Gasteiger partial charge in [-0.3, -0.25) is 4.79 Å². The van der Waals surface area contributed by atoms with Crippen LogP contribution in [0.15, 0.2) is 26.4 Å². The molecule has 2 heterocycles. The lowest BCUT2D eigenvalue weighted by molar-refractivity contribution is -0.144. The third-order valence-electron chi connectivity index (χ3n) is 10.2. The van der Waals surface area contributed by atoms with E-state index in [0.717, 1.165) is 88.2 Å². The van der Waals surface area contributed by atoms with Crippen LogP contribution in [0.1, 0.15) is 89.9 Å². The molecule has 0 aromatic carbocycles. The predicted octanol–water partition coefficient (Wildman–Crippen LogP) is 5.78. The van der Waals surface area contributed by atoms with E-state index < -0.39 is 11.6 Å². The summed E-state index contributed by atoms with van der Waals surface area (Å²) in [5.74, 6) is 0.717. The third-order valence-corrected chi connectivity index (χ3v) is 10.2. The van der Waals surface area contributed by atoms with Gasteiger partial charge in [0.15, 0.2) is 17.5 Å². The second-order valence-corrected chi connectivity index (χ2v) is 12.9. The summed E-state index contributed by atoms with van der Waals surface area (Å²) in [6.07, 6.45) is 11.4. The van der Waals surface area contributed by atoms with E-state index in [1.807, 2.05) is 4.90 Å². The Balaban J connectivity index is 1.53. The van der Waals surface area contributed by atoms with Crippen molar-refractivity contribution in [1.82, 2.24) is 4.90 Å². The van der Waals surface area contributed by atoms with Crippen LogP contribution >= 0.6 is 0 Å². The third kappa shape index (κ3) is 7.51. The highest BCUT2D eigenvalue weighted by Gasteiger charge is 2.58. The van der Waals surface area contributed by atoms with Crippen LogP contribution in [0.2, 0.25) is 0 Å². The number of aliphatic imine (C=N–C) groups is 1. The predicted molar refractivity (Wildman–Crippen MR) is 165 cm³/mol. The fourth-order valence-corrected chi connectivity index (χ4v) is 7.93. The number of carbonyl (C=O) groups excluding carboxylic acids is 1. The number of aliphatic hydroxyl groups excluding tert-OH is 1. The van der Waals surface area contributed by atoms with Crippen LogP contribution in [0, 0.1) is 11.8 Å². The van der Waals surface area contributed by atoms with Crippen molar-refractivity contribution in [2.45, 2.75) is 114 Å². The van der Waals surface area contributed by atoms with Gasteiger partial charge in [0.05, 0.1) is 19.3 Å². The Morgan fingerprint density at radius 3 is 2.57 bits per heavy atom. The maximum atomic E-state index is 14.9. The van der Waals surface area contributed by atoms with Gasteiger partial charge < -0.3 is 24.2 Å². The van der Waals surface area contributed by atoms with Gasteiger partial charge in [-0.25, -0.2) is 4.99 Å². The number of azide groups is 2. The van der Waals surface area contributed by atoms with Crippen LogP contribution in [0.25, 0.3) is 20.9 Å². The number of nitrogens with zero attached hydrogens (tertiary/aromatic N) is 8. The smallest absolute Gasteiger partial charge is 0.255 e. The Hall–Kier alpha value is -2.82. The first-order chi connectivity index (χ1) is 21.6. The largest absolute Gasteiger partial charge is 0.470 e. The zero-order valence-electron chi connectivity index (χ0n) is 25.9. The summed E-state index contributed by atoms with van der Waals surface area (Å²) in [5.41, 5.74) is 19.5. The van der Waals surface area contributed by atoms with Crippen LogP contribution in [-0.4, -0.2) is 91.7 Å². The number of ether oxygens (including phenoxy) is 3. The van der Waals surface area contributed by atoms with Crippen LogP contribution in [0.5, 0.6) is 0 Å². The average molecular weight is 613 g/mol. The normalized spacial score (nSPS) is 32.7. The molecule has 13 heteroatoms. The van der Waals surface area contributed by atoms with Crippen molar-refractivity contribution in [2.75, 3.05) is 46.1 Å². The average Bonchev–Trinajstić information content (AvgIpc) is 3.45.